The number of halogens is 1. The Bertz CT molecular complexity index is 448. The van der Waals surface area contributed by atoms with E-state index in [-0.39, 0.29) is 11.9 Å². The largest absolute Gasteiger partial charge is 0.305 e. The molecule has 2 atom stereocenters. The van der Waals surface area contributed by atoms with Crippen LogP contribution < -0.4 is 4.90 Å². The predicted molar refractivity (Wildman–Crippen MR) is 66.5 cm³/mol. The number of likely N-dealkylation sites (N-methyl/N-ethyl adjacent to an activating group) is 1. The first-order chi connectivity index (χ1) is 7.68. The highest BCUT2D eigenvalue weighted by Gasteiger charge is 2.48. The number of hydrogen-bond donors (Lipinski definition) is 0. The molecule has 0 N–H and O–H groups in total. The van der Waals surface area contributed by atoms with Gasteiger partial charge in [-0.25, -0.2) is 0 Å². The van der Waals surface area contributed by atoms with Crippen molar-refractivity contribution in [2.45, 2.75) is 18.5 Å². The molecule has 3 rings (SSSR count). The van der Waals surface area contributed by atoms with Gasteiger partial charge in [-0.2, -0.15) is 0 Å². The van der Waals surface area contributed by atoms with E-state index in [1.54, 1.807) is 0 Å². The highest BCUT2D eigenvalue weighted by atomic mass is 79.9. The predicted octanol–water partition coefficient (Wildman–Crippen LogP) is 1.87. The third-order valence-electron chi connectivity index (χ3n) is 3.53. The van der Waals surface area contributed by atoms with E-state index in [2.05, 4.69) is 20.8 Å². The second kappa shape index (κ2) is 3.57. The summed E-state index contributed by atoms with van der Waals surface area (Å²) >= 11 is 3.51. The van der Waals surface area contributed by atoms with Crippen molar-refractivity contribution in [3.8, 4) is 0 Å². The van der Waals surface area contributed by atoms with E-state index >= 15 is 0 Å². The van der Waals surface area contributed by atoms with Crippen molar-refractivity contribution in [3.63, 3.8) is 0 Å². The maximum absolute atomic E-state index is 12.2. The van der Waals surface area contributed by atoms with Gasteiger partial charge in [-0.3, -0.25) is 9.69 Å². The van der Waals surface area contributed by atoms with Gasteiger partial charge in [-0.1, -0.05) is 12.1 Å². The summed E-state index contributed by atoms with van der Waals surface area (Å²) in [6, 6.07) is 8.38. The van der Waals surface area contributed by atoms with Gasteiger partial charge in [0.05, 0.1) is 17.8 Å². The van der Waals surface area contributed by atoms with Crippen molar-refractivity contribution in [2.75, 3.05) is 18.5 Å². The van der Waals surface area contributed by atoms with Crippen molar-refractivity contribution >= 4 is 27.5 Å². The molecule has 1 aromatic carbocycles. The van der Waals surface area contributed by atoms with Crippen LogP contribution in [0.4, 0.5) is 5.69 Å². The maximum Gasteiger partial charge on any atom is 0.244 e. The van der Waals surface area contributed by atoms with Crippen molar-refractivity contribution in [3.05, 3.63) is 28.7 Å². The Labute approximate surface area is 103 Å². The number of rotatable bonds is 1. The average Bonchev–Trinajstić information content (AvgIpc) is 2.76. The molecule has 0 aliphatic carbocycles. The first-order valence-corrected chi connectivity index (χ1v) is 6.25. The summed E-state index contributed by atoms with van der Waals surface area (Å²) in [6.45, 7) is 0.984. The Hall–Kier alpha value is -0.870. The average molecular weight is 281 g/mol. The first-order valence-electron chi connectivity index (χ1n) is 5.46. The Morgan fingerprint density at radius 2 is 2.12 bits per heavy atom. The Kier molecular flexibility index (Phi) is 2.30. The van der Waals surface area contributed by atoms with Crippen LogP contribution in [-0.2, 0) is 4.79 Å². The van der Waals surface area contributed by atoms with E-state index in [9.17, 15) is 4.79 Å². The third kappa shape index (κ3) is 1.33. The number of carbonyl (C=O) groups excluding carboxylic acids is 1. The minimum atomic E-state index is 0.0945. The molecule has 84 valence electrons. The fraction of sp³-hybridized carbons (Fsp3) is 0.417. The minimum absolute atomic E-state index is 0.0945. The molecule has 2 heterocycles. The zero-order valence-corrected chi connectivity index (χ0v) is 10.6. The fourth-order valence-electron chi connectivity index (χ4n) is 2.75. The summed E-state index contributed by atoms with van der Waals surface area (Å²) in [7, 11) is 2.03. The summed E-state index contributed by atoms with van der Waals surface area (Å²) < 4.78 is 0.999. The number of para-hydroxylation sites is 1. The zero-order chi connectivity index (χ0) is 11.3. The topological polar surface area (TPSA) is 23.6 Å². The summed E-state index contributed by atoms with van der Waals surface area (Å²) in [6.07, 6.45) is 0.969. The SMILES string of the molecule is CN1CC2CC1C(=O)N2c1ccccc1Br. The van der Waals surface area contributed by atoms with Gasteiger partial charge in [-0.05, 0) is 41.5 Å². The second-order valence-electron chi connectivity index (χ2n) is 4.50. The molecule has 1 amide bonds. The Balaban J connectivity index is 1.99. The van der Waals surface area contributed by atoms with Crippen LogP contribution in [0.25, 0.3) is 0 Å². The number of anilines is 1. The molecule has 2 saturated heterocycles. The van der Waals surface area contributed by atoms with E-state index in [1.165, 1.54) is 0 Å². The lowest BCUT2D eigenvalue weighted by Crippen LogP contribution is -2.49. The molecule has 0 saturated carbocycles. The van der Waals surface area contributed by atoms with Gasteiger partial charge in [0.15, 0.2) is 0 Å². The zero-order valence-electron chi connectivity index (χ0n) is 9.06. The third-order valence-corrected chi connectivity index (χ3v) is 4.20. The van der Waals surface area contributed by atoms with Gasteiger partial charge < -0.3 is 4.90 Å². The number of likely N-dealkylation sites (tertiary alicyclic amines) is 1. The molecule has 2 unspecified atom stereocenters. The summed E-state index contributed by atoms with van der Waals surface area (Å²) in [5, 5.41) is 0. The summed E-state index contributed by atoms with van der Waals surface area (Å²) in [4.78, 5) is 16.3. The van der Waals surface area contributed by atoms with Gasteiger partial charge in [0, 0.05) is 11.0 Å². The normalized spacial score (nSPS) is 29.1. The number of fused-ring (bicyclic) bond motifs is 2. The molecule has 2 aliphatic rings. The molecule has 0 aromatic heterocycles. The van der Waals surface area contributed by atoms with Gasteiger partial charge in [0.1, 0.15) is 0 Å². The van der Waals surface area contributed by atoms with Crippen LogP contribution in [0.1, 0.15) is 6.42 Å². The monoisotopic (exact) mass is 280 g/mol. The fourth-order valence-corrected chi connectivity index (χ4v) is 3.23. The van der Waals surface area contributed by atoms with Gasteiger partial charge in [0.25, 0.3) is 0 Å². The van der Waals surface area contributed by atoms with E-state index in [1.807, 2.05) is 36.2 Å². The molecule has 2 bridgehead atoms. The van der Waals surface area contributed by atoms with E-state index < -0.39 is 0 Å². The van der Waals surface area contributed by atoms with Crippen LogP contribution >= 0.6 is 15.9 Å². The van der Waals surface area contributed by atoms with Crippen molar-refractivity contribution < 1.29 is 4.79 Å². The lowest BCUT2D eigenvalue weighted by molar-refractivity contribution is -0.122. The van der Waals surface area contributed by atoms with Crippen molar-refractivity contribution in [2.24, 2.45) is 0 Å². The van der Waals surface area contributed by atoms with Crippen LogP contribution in [0.15, 0.2) is 28.7 Å². The van der Waals surface area contributed by atoms with Crippen molar-refractivity contribution in [1.29, 1.82) is 0 Å². The van der Waals surface area contributed by atoms with E-state index in [0.29, 0.717) is 6.04 Å². The lowest BCUT2D eigenvalue weighted by Gasteiger charge is -2.32. The number of benzene rings is 1. The van der Waals surface area contributed by atoms with Crippen molar-refractivity contribution in [1.82, 2.24) is 4.90 Å². The van der Waals surface area contributed by atoms with Crippen LogP contribution in [0.2, 0.25) is 0 Å². The molecule has 1 aromatic rings. The van der Waals surface area contributed by atoms with Gasteiger partial charge in [-0.15, -0.1) is 0 Å². The molecule has 16 heavy (non-hydrogen) atoms. The number of carbonyl (C=O) groups is 1. The maximum atomic E-state index is 12.2. The molecular formula is C12H13BrN2O. The van der Waals surface area contributed by atoms with Gasteiger partial charge >= 0.3 is 0 Å². The number of amides is 1. The Morgan fingerprint density at radius 1 is 1.38 bits per heavy atom. The minimum Gasteiger partial charge on any atom is -0.305 e. The van der Waals surface area contributed by atoms with Gasteiger partial charge in [0.2, 0.25) is 5.91 Å². The Morgan fingerprint density at radius 3 is 2.75 bits per heavy atom. The molecule has 4 heteroatoms. The molecule has 0 spiro atoms. The summed E-state index contributed by atoms with van der Waals surface area (Å²) in [5.41, 5.74) is 1.01. The van der Waals surface area contributed by atoms with E-state index in [4.69, 9.17) is 0 Å². The van der Waals surface area contributed by atoms with Crippen LogP contribution in [0, 0.1) is 0 Å². The van der Waals surface area contributed by atoms with Crippen LogP contribution in [0.3, 0.4) is 0 Å². The molecule has 0 radical (unpaired) electrons. The lowest BCUT2D eigenvalue weighted by atomic mass is 10.2. The standard InChI is InChI=1S/C12H13BrN2O/c1-14-7-8-6-11(14)12(16)15(8)10-5-3-2-4-9(10)13/h2-5,8,11H,6-7H2,1H3. The highest BCUT2D eigenvalue weighted by molar-refractivity contribution is 9.10. The summed E-state index contributed by atoms with van der Waals surface area (Å²) in [5.74, 6) is 0.241. The van der Waals surface area contributed by atoms with E-state index in [0.717, 1.165) is 23.1 Å². The smallest absolute Gasteiger partial charge is 0.244 e. The molecular weight excluding hydrogens is 268 g/mol. The highest BCUT2D eigenvalue weighted by Crippen LogP contribution is 2.37. The second-order valence-corrected chi connectivity index (χ2v) is 5.36. The number of nitrogens with zero attached hydrogens (tertiary/aromatic N) is 2. The molecule has 2 fully saturated rings. The van der Waals surface area contributed by atoms with Crippen LogP contribution in [0.5, 0.6) is 0 Å². The number of hydrogen-bond acceptors (Lipinski definition) is 2. The number of piperazine rings is 1. The molecule has 3 nitrogen and oxygen atoms in total. The van der Waals surface area contributed by atoms with Crippen LogP contribution in [-0.4, -0.2) is 36.5 Å². The molecule has 2 aliphatic heterocycles. The quantitative estimate of drug-likeness (QED) is 0.784. The first kappa shape index (κ1) is 10.3.